The zero-order valence-electron chi connectivity index (χ0n) is 9.40. The molecule has 0 saturated carbocycles. The number of imidazole rings is 1. The molecule has 17 heavy (non-hydrogen) atoms. The van der Waals surface area contributed by atoms with E-state index in [9.17, 15) is 17.8 Å². The molecule has 1 rings (SSSR count). The van der Waals surface area contributed by atoms with Crippen LogP contribution in [0.25, 0.3) is 0 Å². The van der Waals surface area contributed by atoms with E-state index in [0.29, 0.717) is 6.54 Å². The molecular formula is C9H14N2O5S. The Balaban J connectivity index is 2.43. The molecule has 0 amide bonds. The maximum atomic E-state index is 11.0. The second-order valence-electron chi connectivity index (χ2n) is 3.52. The second kappa shape index (κ2) is 5.78. The number of ether oxygens (including phenoxy) is 1. The Labute approximate surface area is 99.4 Å². The average molecular weight is 262 g/mol. The van der Waals surface area contributed by atoms with E-state index < -0.39 is 10.1 Å². The molecular weight excluding hydrogens is 248 g/mol. The van der Waals surface area contributed by atoms with Crippen LogP contribution in [0, 0.1) is 0 Å². The summed E-state index contributed by atoms with van der Waals surface area (Å²) in [6.45, 7) is 0.513. The van der Waals surface area contributed by atoms with Crippen LogP contribution in [0.2, 0.25) is 0 Å². The van der Waals surface area contributed by atoms with Crippen LogP contribution in [-0.4, -0.2) is 36.4 Å². The molecule has 0 unspecified atom stereocenters. The molecule has 0 atom stereocenters. The minimum atomic E-state index is -4.15. The molecule has 96 valence electrons. The van der Waals surface area contributed by atoms with Gasteiger partial charge in [0, 0.05) is 5.75 Å². The van der Waals surface area contributed by atoms with Gasteiger partial charge in [0.15, 0.2) is 6.54 Å². The Morgan fingerprint density at radius 1 is 1.53 bits per heavy atom. The lowest BCUT2D eigenvalue weighted by Gasteiger charge is -2.04. The highest BCUT2D eigenvalue weighted by molar-refractivity contribution is 7.85. The van der Waals surface area contributed by atoms with Gasteiger partial charge in [-0.1, -0.05) is 0 Å². The monoisotopic (exact) mass is 262 g/mol. The van der Waals surface area contributed by atoms with Crippen molar-refractivity contribution in [3.05, 3.63) is 18.7 Å². The van der Waals surface area contributed by atoms with Crippen LogP contribution >= 0.6 is 0 Å². The predicted octanol–water partition coefficient (Wildman–Crippen LogP) is -1.12. The summed E-state index contributed by atoms with van der Waals surface area (Å²) < 4.78 is 39.0. The summed E-state index contributed by atoms with van der Waals surface area (Å²) in [4.78, 5) is 11.0. The zero-order valence-corrected chi connectivity index (χ0v) is 10.2. The van der Waals surface area contributed by atoms with Crippen LogP contribution in [0.5, 0.6) is 0 Å². The van der Waals surface area contributed by atoms with E-state index in [4.69, 9.17) is 0 Å². The first-order valence-electron chi connectivity index (χ1n) is 4.96. The Morgan fingerprint density at radius 3 is 2.82 bits per heavy atom. The lowest BCUT2D eigenvalue weighted by Crippen LogP contribution is -2.36. The molecule has 0 N–H and O–H groups in total. The van der Waals surface area contributed by atoms with Gasteiger partial charge in [-0.2, -0.15) is 0 Å². The number of rotatable bonds is 6. The molecule has 0 spiro atoms. The van der Waals surface area contributed by atoms with E-state index in [-0.39, 0.29) is 24.7 Å². The summed E-state index contributed by atoms with van der Waals surface area (Å²) in [5.74, 6) is -0.753. The number of aryl methyl sites for hydroxylation is 1. The number of carbonyl (C=O) groups is 1. The third-order valence-electron chi connectivity index (χ3n) is 2.10. The summed E-state index contributed by atoms with van der Waals surface area (Å²) in [5, 5.41) is 0. The molecule has 1 heterocycles. The minimum absolute atomic E-state index is 0.101. The smallest absolute Gasteiger partial charge is 0.348 e. The lowest BCUT2D eigenvalue weighted by molar-refractivity contribution is -0.685. The molecule has 0 fully saturated rings. The fourth-order valence-electron chi connectivity index (χ4n) is 1.30. The van der Waals surface area contributed by atoms with Gasteiger partial charge < -0.3 is 9.29 Å². The molecule has 8 heteroatoms. The van der Waals surface area contributed by atoms with Crippen molar-refractivity contribution in [1.82, 2.24) is 4.57 Å². The van der Waals surface area contributed by atoms with Crippen LogP contribution in [0.15, 0.2) is 18.7 Å². The first-order valence-corrected chi connectivity index (χ1v) is 6.53. The SMILES string of the molecule is COC(=O)C[n+]1ccn(CCCS(=O)(=O)[O-])c1. The van der Waals surface area contributed by atoms with E-state index in [1.165, 1.54) is 7.11 Å². The molecule has 0 aliphatic rings. The van der Waals surface area contributed by atoms with Crippen molar-refractivity contribution in [2.24, 2.45) is 0 Å². The maximum absolute atomic E-state index is 11.0. The number of hydrogen-bond acceptors (Lipinski definition) is 5. The van der Waals surface area contributed by atoms with Crippen molar-refractivity contribution in [1.29, 1.82) is 0 Å². The summed E-state index contributed by atoms with van der Waals surface area (Å²) >= 11 is 0. The normalized spacial score (nSPS) is 11.4. The van der Waals surface area contributed by atoms with Crippen molar-refractivity contribution in [2.45, 2.75) is 19.5 Å². The van der Waals surface area contributed by atoms with Crippen molar-refractivity contribution in [2.75, 3.05) is 12.9 Å². The van der Waals surface area contributed by atoms with Crippen LogP contribution in [-0.2, 0) is 32.7 Å². The van der Waals surface area contributed by atoms with Gasteiger partial charge in [0.2, 0.25) is 6.33 Å². The fraction of sp³-hybridized carbons (Fsp3) is 0.556. The number of nitrogens with zero attached hydrogens (tertiary/aromatic N) is 2. The predicted molar refractivity (Wildman–Crippen MR) is 55.8 cm³/mol. The molecule has 0 aliphatic carbocycles. The van der Waals surface area contributed by atoms with Crippen molar-refractivity contribution >= 4 is 16.1 Å². The van der Waals surface area contributed by atoms with E-state index in [1.807, 2.05) is 0 Å². The van der Waals surface area contributed by atoms with Gasteiger partial charge in [-0.3, -0.25) is 0 Å². The summed E-state index contributed by atoms with van der Waals surface area (Å²) in [6.07, 6.45) is 5.26. The standard InChI is InChI=1S/C9H14N2O5S/c1-16-9(12)7-11-5-4-10(8-11)3-2-6-17(13,14)15/h4-5,8H,2-3,6-7H2,1H3. The third kappa shape index (κ3) is 5.45. The molecule has 0 radical (unpaired) electrons. The van der Waals surface area contributed by atoms with E-state index >= 15 is 0 Å². The Bertz CT molecular complexity index is 479. The maximum Gasteiger partial charge on any atom is 0.348 e. The molecule has 0 aromatic carbocycles. The summed E-state index contributed by atoms with van der Waals surface area (Å²) in [6, 6.07) is 0. The molecule has 1 aromatic rings. The van der Waals surface area contributed by atoms with Crippen LogP contribution in [0.1, 0.15) is 6.42 Å². The van der Waals surface area contributed by atoms with Crippen LogP contribution < -0.4 is 4.57 Å². The Morgan fingerprint density at radius 2 is 2.24 bits per heavy atom. The first-order chi connectivity index (χ1) is 7.90. The quantitative estimate of drug-likeness (QED) is 0.368. The zero-order chi connectivity index (χ0) is 12.9. The lowest BCUT2D eigenvalue weighted by atomic mass is 10.5. The van der Waals surface area contributed by atoms with Crippen LogP contribution in [0.4, 0.5) is 0 Å². The van der Waals surface area contributed by atoms with Crippen molar-refractivity contribution < 1.29 is 27.1 Å². The largest absolute Gasteiger partial charge is 0.748 e. The summed E-state index contributed by atoms with van der Waals surface area (Å²) in [5.41, 5.74) is 0. The van der Waals surface area contributed by atoms with Gasteiger partial charge in [0.1, 0.15) is 12.4 Å². The topological polar surface area (TPSA) is 92.3 Å². The molecule has 1 aromatic heterocycles. The molecule has 0 saturated heterocycles. The van der Waals surface area contributed by atoms with Crippen LogP contribution in [0.3, 0.4) is 0 Å². The Hall–Kier alpha value is -1.41. The Kier molecular flexibility index (Phi) is 4.64. The average Bonchev–Trinajstić information content (AvgIpc) is 2.63. The van der Waals surface area contributed by atoms with E-state index in [2.05, 4.69) is 4.74 Å². The number of hydrogen-bond donors (Lipinski definition) is 0. The number of aromatic nitrogens is 2. The van der Waals surface area contributed by atoms with Gasteiger partial charge in [-0.25, -0.2) is 22.3 Å². The second-order valence-corrected chi connectivity index (χ2v) is 5.04. The number of carbonyl (C=O) groups excluding carboxylic acids is 1. The highest BCUT2D eigenvalue weighted by Gasteiger charge is 2.09. The number of methoxy groups -OCH3 is 1. The van der Waals surface area contributed by atoms with Crippen molar-refractivity contribution in [3.63, 3.8) is 0 Å². The third-order valence-corrected chi connectivity index (χ3v) is 2.88. The van der Waals surface area contributed by atoms with Gasteiger partial charge in [-0.15, -0.1) is 0 Å². The highest BCUT2D eigenvalue weighted by Crippen LogP contribution is 1.93. The van der Waals surface area contributed by atoms with E-state index in [0.717, 1.165) is 0 Å². The first kappa shape index (κ1) is 13.7. The highest BCUT2D eigenvalue weighted by atomic mass is 32.2. The number of esters is 1. The fourth-order valence-corrected chi connectivity index (χ4v) is 1.78. The van der Waals surface area contributed by atoms with Gasteiger partial charge in [-0.05, 0) is 6.42 Å². The molecule has 7 nitrogen and oxygen atoms in total. The van der Waals surface area contributed by atoms with Gasteiger partial charge in [0.05, 0.1) is 23.8 Å². The minimum Gasteiger partial charge on any atom is -0.748 e. The molecule has 0 aliphatic heterocycles. The van der Waals surface area contributed by atoms with E-state index in [1.54, 1.807) is 27.9 Å². The van der Waals surface area contributed by atoms with Gasteiger partial charge in [0.25, 0.3) is 0 Å². The van der Waals surface area contributed by atoms with Crippen molar-refractivity contribution in [3.8, 4) is 0 Å². The summed E-state index contributed by atoms with van der Waals surface area (Å²) in [7, 11) is -2.85. The van der Waals surface area contributed by atoms with Gasteiger partial charge >= 0.3 is 5.97 Å². The molecule has 0 bridgehead atoms.